The molecule has 0 spiro atoms. The van der Waals surface area contributed by atoms with Crippen molar-refractivity contribution in [2.75, 3.05) is 36.8 Å². The lowest BCUT2D eigenvalue weighted by Crippen LogP contribution is -2.43. The number of nitrogen functional groups attached to an aromatic ring is 1. The summed E-state index contributed by atoms with van der Waals surface area (Å²) >= 11 is 0. The third-order valence-electron chi connectivity index (χ3n) is 3.10. The van der Waals surface area contributed by atoms with E-state index in [0.717, 1.165) is 31.9 Å². The summed E-state index contributed by atoms with van der Waals surface area (Å²) in [6, 6.07) is 4.28. The van der Waals surface area contributed by atoms with Crippen LogP contribution in [0.4, 0.5) is 11.4 Å². The lowest BCUT2D eigenvalue weighted by Gasteiger charge is -2.31. The fourth-order valence-electron chi connectivity index (χ4n) is 2.00. The Morgan fingerprint density at radius 3 is 2.40 bits per heavy atom. The molecule has 3 heteroatoms. The first-order valence-electron chi connectivity index (χ1n) is 5.51. The van der Waals surface area contributed by atoms with Gasteiger partial charge in [0.05, 0.1) is 11.4 Å². The van der Waals surface area contributed by atoms with Crippen molar-refractivity contribution in [2.24, 2.45) is 0 Å². The predicted octanol–water partition coefficient (Wildman–Crippen LogP) is 1.30. The van der Waals surface area contributed by atoms with E-state index in [1.54, 1.807) is 0 Å². The molecule has 0 aliphatic carbocycles. The molecule has 0 unspecified atom stereocenters. The third kappa shape index (κ3) is 2.07. The smallest absolute Gasteiger partial charge is 0.0603 e. The number of nitrogens with one attached hydrogen (secondary N) is 1. The number of anilines is 2. The number of aryl methyl sites for hydroxylation is 2. The molecule has 0 amide bonds. The number of hydrogen-bond acceptors (Lipinski definition) is 3. The van der Waals surface area contributed by atoms with E-state index >= 15 is 0 Å². The molecule has 0 radical (unpaired) electrons. The molecule has 1 heterocycles. The molecule has 1 aromatic carbocycles. The van der Waals surface area contributed by atoms with Gasteiger partial charge in [-0.25, -0.2) is 0 Å². The molecule has 1 aromatic rings. The van der Waals surface area contributed by atoms with E-state index in [4.69, 9.17) is 5.73 Å². The molecule has 3 nitrogen and oxygen atoms in total. The van der Waals surface area contributed by atoms with Crippen LogP contribution in [0.1, 0.15) is 11.1 Å². The Labute approximate surface area is 91.3 Å². The SMILES string of the molecule is Cc1cc(N)c(N2CCNCC2)cc1C. The zero-order valence-corrected chi connectivity index (χ0v) is 9.51. The predicted molar refractivity (Wildman–Crippen MR) is 65.4 cm³/mol. The minimum absolute atomic E-state index is 0.903. The summed E-state index contributed by atoms with van der Waals surface area (Å²) in [4.78, 5) is 2.36. The van der Waals surface area contributed by atoms with Gasteiger partial charge in [0, 0.05) is 26.2 Å². The number of piperazine rings is 1. The van der Waals surface area contributed by atoms with Crippen molar-refractivity contribution in [3.63, 3.8) is 0 Å². The first kappa shape index (κ1) is 10.3. The Balaban J connectivity index is 2.30. The van der Waals surface area contributed by atoms with Gasteiger partial charge in [0.1, 0.15) is 0 Å². The monoisotopic (exact) mass is 205 g/mol. The van der Waals surface area contributed by atoms with Crippen LogP contribution < -0.4 is 16.0 Å². The van der Waals surface area contributed by atoms with Gasteiger partial charge in [0.25, 0.3) is 0 Å². The van der Waals surface area contributed by atoms with Crippen LogP contribution in [0.15, 0.2) is 12.1 Å². The van der Waals surface area contributed by atoms with E-state index in [1.165, 1.54) is 16.8 Å². The van der Waals surface area contributed by atoms with Gasteiger partial charge in [-0.05, 0) is 37.1 Å². The van der Waals surface area contributed by atoms with Gasteiger partial charge in [-0.2, -0.15) is 0 Å². The summed E-state index contributed by atoms with van der Waals surface area (Å²) in [6.07, 6.45) is 0. The number of hydrogen-bond donors (Lipinski definition) is 2. The Morgan fingerprint density at radius 2 is 1.73 bits per heavy atom. The van der Waals surface area contributed by atoms with Gasteiger partial charge in [0.2, 0.25) is 0 Å². The lowest BCUT2D eigenvalue weighted by atomic mass is 10.1. The molecule has 15 heavy (non-hydrogen) atoms. The average Bonchev–Trinajstić information content (AvgIpc) is 2.25. The zero-order chi connectivity index (χ0) is 10.8. The Morgan fingerprint density at radius 1 is 1.13 bits per heavy atom. The van der Waals surface area contributed by atoms with Gasteiger partial charge in [-0.1, -0.05) is 0 Å². The maximum absolute atomic E-state index is 6.06. The van der Waals surface area contributed by atoms with Crippen LogP contribution in [-0.4, -0.2) is 26.2 Å². The van der Waals surface area contributed by atoms with Crippen LogP contribution >= 0.6 is 0 Å². The van der Waals surface area contributed by atoms with Gasteiger partial charge in [-0.15, -0.1) is 0 Å². The maximum Gasteiger partial charge on any atom is 0.0603 e. The summed E-state index contributed by atoms with van der Waals surface area (Å²) in [7, 11) is 0. The highest BCUT2D eigenvalue weighted by Crippen LogP contribution is 2.26. The standard InChI is InChI=1S/C12H19N3/c1-9-7-11(13)12(8-10(9)2)15-5-3-14-4-6-15/h7-8,14H,3-6,13H2,1-2H3. The molecular formula is C12H19N3. The quantitative estimate of drug-likeness (QED) is 0.679. The van der Waals surface area contributed by atoms with Gasteiger partial charge >= 0.3 is 0 Å². The summed E-state index contributed by atoms with van der Waals surface area (Å²) in [5.41, 5.74) is 10.7. The molecule has 0 atom stereocenters. The third-order valence-corrected chi connectivity index (χ3v) is 3.10. The van der Waals surface area contributed by atoms with E-state index < -0.39 is 0 Å². The molecule has 3 N–H and O–H groups in total. The fraction of sp³-hybridized carbons (Fsp3) is 0.500. The highest BCUT2D eigenvalue weighted by molar-refractivity contribution is 5.70. The number of nitrogens with two attached hydrogens (primary N) is 1. The minimum Gasteiger partial charge on any atom is -0.397 e. The van der Waals surface area contributed by atoms with Crippen LogP contribution in [0.5, 0.6) is 0 Å². The second kappa shape index (κ2) is 4.11. The first-order valence-corrected chi connectivity index (χ1v) is 5.51. The van der Waals surface area contributed by atoms with Crippen LogP contribution in [0.2, 0.25) is 0 Å². The van der Waals surface area contributed by atoms with E-state index in [1.807, 2.05) is 0 Å². The van der Waals surface area contributed by atoms with Crippen LogP contribution in [0, 0.1) is 13.8 Å². The molecule has 2 rings (SSSR count). The molecule has 1 fully saturated rings. The van der Waals surface area contributed by atoms with Crippen molar-refractivity contribution >= 4 is 11.4 Å². The van der Waals surface area contributed by atoms with E-state index in [-0.39, 0.29) is 0 Å². The molecule has 0 aromatic heterocycles. The lowest BCUT2D eigenvalue weighted by molar-refractivity contribution is 0.589. The Kier molecular flexibility index (Phi) is 2.82. The summed E-state index contributed by atoms with van der Waals surface area (Å²) in [5.74, 6) is 0. The normalized spacial score (nSPS) is 16.8. The molecule has 1 aliphatic heterocycles. The number of benzene rings is 1. The van der Waals surface area contributed by atoms with Crippen molar-refractivity contribution in [3.05, 3.63) is 23.3 Å². The summed E-state index contributed by atoms with van der Waals surface area (Å²) in [6.45, 7) is 8.44. The highest BCUT2D eigenvalue weighted by atomic mass is 15.2. The van der Waals surface area contributed by atoms with Gasteiger partial charge in [0.15, 0.2) is 0 Å². The summed E-state index contributed by atoms with van der Waals surface area (Å²) in [5, 5.41) is 3.35. The minimum atomic E-state index is 0.903. The molecule has 0 bridgehead atoms. The van der Waals surface area contributed by atoms with Gasteiger partial charge < -0.3 is 16.0 Å². The Bertz CT molecular complexity index is 354. The van der Waals surface area contributed by atoms with Crippen LogP contribution in [0.25, 0.3) is 0 Å². The first-order chi connectivity index (χ1) is 7.18. The molecular weight excluding hydrogens is 186 g/mol. The number of rotatable bonds is 1. The molecule has 0 saturated carbocycles. The largest absolute Gasteiger partial charge is 0.397 e. The van der Waals surface area contributed by atoms with Crippen molar-refractivity contribution < 1.29 is 0 Å². The van der Waals surface area contributed by atoms with Crippen molar-refractivity contribution in [1.29, 1.82) is 0 Å². The summed E-state index contributed by atoms with van der Waals surface area (Å²) < 4.78 is 0. The number of nitrogens with zero attached hydrogens (tertiary/aromatic N) is 1. The zero-order valence-electron chi connectivity index (χ0n) is 9.51. The maximum atomic E-state index is 6.06. The van der Waals surface area contributed by atoms with Crippen LogP contribution in [0.3, 0.4) is 0 Å². The van der Waals surface area contributed by atoms with Crippen LogP contribution in [-0.2, 0) is 0 Å². The molecule has 1 aliphatic rings. The Hall–Kier alpha value is -1.22. The highest BCUT2D eigenvalue weighted by Gasteiger charge is 2.13. The van der Waals surface area contributed by atoms with Gasteiger partial charge in [-0.3, -0.25) is 0 Å². The fourth-order valence-corrected chi connectivity index (χ4v) is 2.00. The topological polar surface area (TPSA) is 41.3 Å². The molecule has 1 saturated heterocycles. The van der Waals surface area contributed by atoms with Crippen molar-refractivity contribution in [2.45, 2.75) is 13.8 Å². The van der Waals surface area contributed by atoms with Crippen molar-refractivity contribution in [1.82, 2.24) is 5.32 Å². The average molecular weight is 205 g/mol. The molecule has 82 valence electrons. The second-order valence-corrected chi connectivity index (χ2v) is 4.23. The van der Waals surface area contributed by atoms with Crippen molar-refractivity contribution in [3.8, 4) is 0 Å². The second-order valence-electron chi connectivity index (χ2n) is 4.23. The van der Waals surface area contributed by atoms with E-state index in [9.17, 15) is 0 Å². The van der Waals surface area contributed by atoms with E-state index in [0.29, 0.717) is 0 Å². The van der Waals surface area contributed by atoms with E-state index in [2.05, 4.69) is 36.2 Å².